The van der Waals surface area contributed by atoms with Gasteiger partial charge in [0, 0.05) is 18.9 Å². The molecule has 0 saturated heterocycles. The predicted octanol–water partition coefficient (Wildman–Crippen LogP) is 5.66. The molecule has 5 heteroatoms. The van der Waals surface area contributed by atoms with Crippen molar-refractivity contribution in [3.8, 4) is 0 Å². The molecule has 0 atom stereocenters. The lowest BCUT2D eigenvalue weighted by Gasteiger charge is -2.17. The van der Waals surface area contributed by atoms with Crippen LogP contribution in [0.1, 0.15) is 65.2 Å². The summed E-state index contributed by atoms with van der Waals surface area (Å²) in [6, 6.07) is 0. The maximum atomic E-state index is 5.86. The quantitative estimate of drug-likeness (QED) is 0.258. The van der Waals surface area contributed by atoms with Gasteiger partial charge in [0.05, 0.1) is 32.5 Å². The number of halogens is 2. The second kappa shape index (κ2) is 24.7. The van der Waals surface area contributed by atoms with E-state index < -0.39 is 0 Å². The number of unbranched alkanes of at least 4 members (excludes halogenated alkanes) is 3. The highest BCUT2D eigenvalue weighted by Crippen LogP contribution is 2.12. The molecule has 0 heterocycles. The number of alkyl halides is 2. The first-order valence-electron chi connectivity index (χ1n) is 9.06. The van der Waals surface area contributed by atoms with Gasteiger partial charge in [-0.3, -0.25) is 0 Å². The third kappa shape index (κ3) is 24.8. The Hall–Kier alpha value is 0.460. The van der Waals surface area contributed by atoms with Crippen LogP contribution in [0.4, 0.5) is 0 Å². The van der Waals surface area contributed by atoms with Crippen LogP contribution in [0.5, 0.6) is 0 Å². The fourth-order valence-electron chi connectivity index (χ4n) is 1.88. The van der Waals surface area contributed by atoms with Crippen LogP contribution in [0, 0.1) is 0 Å². The molecular weight excluding hydrogens is 335 g/mol. The first kappa shape index (κ1) is 25.7. The second-order valence-electron chi connectivity index (χ2n) is 5.47. The van der Waals surface area contributed by atoms with E-state index in [4.69, 9.17) is 37.4 Å². The second-order valence-corrected chi connectivity index (χ2v) is 6.22. The van der Waals surface area contributed by atoms with Gasteiger partial charge in [-0.1, -0.05) is 39.5 Å². The zero-order chi connectivity index (χ0) is 17.6. The Morgan fingerprint density at radius 2 is 1.26 bits per heavy atom. The third-order valence-corrected chi connectivity index (χ3v) is 3.82. The molecule has 0 radical (unpaired) electrons. The molecule has 0 aromatic rings. The van der Waals surface area contributed by atoms with Crippen molar-refractivity contribution in [2.75, 3.05) is 45.3 Å². The van der Waals surface area contributed by atoms with E-state index in [2.05, 4.69) is 13.8 Å². The third-order valence-electron chi connectivity index (χ3n) is 3.29. The number of rotatable bonds is 16. The minimum absolute atomic E-state index is 0.431. The van der Waals surface area contributed by atoms with E-state index in [0.717, 1.165) is 24.6 Å². The Kier molecular flexibility index (Phi) is 27.6. The normalized spacial score (nSPS) is 10.7. The van der Waals surface area contributed by atoms with Gasteiger partial charge in [0.2, 0.25) is 0 Å². The van der Waals surface area contributed by atoms with Crippen molar-refractivity contribution in [3.05, 3.63) is 0 Å². The highest BCUT2D eigenvalue weighted by molar-refractivity contribution is 6.18. The summed E-state index contributed by atoms with van der Waals surface area (Å²) in [4.78, 5) is 0. The highest BCUT2D eigenvalue weighted by atomic mass is 35.5. The molecule has 0 spiro atoms. The molecule has 0 aliphatic heterocycles. The zero-order valence-corrected chi connectivity index (χ0v) is 17.0. The molecule has 0 aromatic carbocycles. The topological polar surface area (TPSA) is 27.7 Å². The molecule has 23 heavy (non-hydrogen) atoms. The molecule has 0 rings (SSSR count). The average Bonchev–Trinajstić information content (AvgIpc) is 2.58. The van der Waals surface area contributed by atoms with Gasteiger partial charge in [0.25, 0.3) is 0 Å². The molecular formula is C18H38Cl2O3. The minimum Gasteiger partial charge on any atom is -0.382 e. The van der Waals surface area contributed by atoms with Crippen molar-refractivity contribution in [3.63, 3.8) is 0 Å². The first-order chi connectivity index (χ1) is 11.3. The van der Waals surface area contributed by atoms with Crippen LogP contribution >= 0.6 is 23.2 Å². The van der Waals surface area contributed by atoms with Gasteiger partial charge in [-0.15, -0.1) is 23.2 Å². The van der Waals surface area contributed by atoms with Gasteiger partial charge in [-0.25, -0.2) is 0 Å². The van der Waals surface area contributed by atoms with E-state index in [1.807, 2.05) is 0 Å². The zero-order valence-electron chi connectivity index (χ0n) is 15.5. The van der Waals surface area contributed by atoms with E-state index in [0.29, 0.717) is 32.5 Å². The van der Waals surface area contributed by atoms with E-state index in [9.17, 15) is 0 Å². The number of hydrogen-bond donors (Lipinski definition) is 0. The van der Waals surface area contributed by atoms with Crippen LogP contribution in [0.25, 0.3) is 0 Å². The summed E-state index contributed by atoms with van der Waals surface area (Å²) in [6.45, 7) is 7.17. The Bertz CT molecular complexity index is 183. The van der Waals surface area contributed by atoms with Crippen LogP contribution in [0.15, 0.2) is 0 Å². The van der Waals surface area contributed by atoms with Crippen molar-refractivity contribution in [2.45, 2.75) is 71.3 Å². The van der Waals surface area contributed by atoms with Crippen LogP contribution in [0.3, 0.4) is 0 Å². The van der Waals surface area contributed by atoms with Crippen LogP contribution in [-0.2, 0) is 14.2 Å². The Labute approximate surface area is 154 Å². The van der Waals surface area contributed by atoms with Gasteiger partial charge < -0.3 is 14.2 Å². The Balaban J connectivity index is 0. The Morgan fingerprint density at radius 3 is 1.70 bits per heavy atom. The lowest BCUT2D eigenvalue weighted by molar-refractivity contribution is -0.0130. The van der Waals surface area contributed by atoms with Gasteiger partial charge in [-0.05, 0) is 25.7 Å². The molecule has 0 aliphatic carbocycles. The molecule has 0 bridgehead atoms. The standard InChI is InChI=1S/C14H30O3.C4H8Cl2/c1-4-6-8-14(9-7-5-2)17-13-12-16-11-10-15-3;5-3-1-2-4-6/h14H,4-13H2,1-3H3;1-4H2. The number of hydrogen-bond acceptors (Lipinski definition) is 3. The minimum atomic E-state index is 0.431. The van der Waals surface area contributed by atoms with Crippen molar-refractivity contribution in [2.24, 2.45) is 0 Å². The molecule has 142 valence electrons. The van der Waals surface area contributed by atoms with Gasteiger partial charge in [0.1, 0.15) is 0 Å². The maximum absolute atomic E-state index is 5.86. The van der Waals surface area contributed by atoms with E-state index >= 15 is 0 Å². The number of methoxy groups -OCH3 is 1. The lowest BCUT2D eigenvalue weighted by Crippen LogP contribution is -2.17. The summed E-state index contributed by atoms with van der Waals surface area (Å²) in [5, 5.41) is 0. The van der Waals surface area contributed by atoms with Crippen LogP contribution in [0.2, 0.25) is 0 Å². The fourth-order valence-corrected chi connectivity index (χ4v) is 2.26. The van der Waals surface area contributed by atoms with Crippen molar-refractivity contribution >= 4 is 23.2 Å². The summed E-state index contributed by atoms with van der Waals surface area (Å²) >= 11 is 10.6. The van der Waals surface area contributed by atoms with Crippen molar-refractivity contribution in [1.82, 2.24) is 0 Å². The lowest BCUT2D eigenvalue weighted by atomic mass is 10.1. The summed E-state index contributed by atoms with van der Waals surface area (Å²) in [7, 11) is 1.69. The number of ether oxygens (including phenoxy) is 3. The molecule has 0 fully saturated rings. The van der Waals surface area contributed by atoms with Crippen molar-refractivity contribution in [1.29, 1.82) is 0 Å². The fraction of sp³-hybridized carbons (Fsp3) is 1.00. The molecule has 3 nitrogen and oxygen atoms in total. The summed E-state index contributed by atoms with van der Waals surface area (Å²) in [5.74, 6) is 1.49. The highest BCUT2D eigenvalue weighted by Gasteiger charge is 2.07. The summed E-state index contributed by atoms with van der Waals surface area (Å²) in [6.07, 6.45) is 9.92. The van der Waals surface area contributed by atoms with E-state index in [-0.39, 0.29) is 0 Å². The monoisotopic (exact) mass is 372 g/mol. The van der Waals surface area contributed by atoms with Gasteiger partial charge in [0.15, 0.2) is 0 Å². The van der Waals surface area contributed by atoms with Gasteiger partial charge >= 0.3 is 0 Å². The SMILES string of the molecule is CCCCC(CCCC)OCCOCCOC.ClCCCCCl. The molecule has 0 unspecified atom stereocenters. The predicted molar refractivity (Wildman–Crippen MR) is 102 cm³/mol. The van der Waals surface area contributed by atoms with Crippen molar-refractivity contribution < 1.29 is 14.2 Å². The van der Waals surface area contributed by atoms with Gasteiger partial charge in [-0.2, -0.15) is 0 Å². The molecule has 0 saturated carbocycles. The maximum Gasteiger partial charge on any atom is 0.0704 e. The molecule has 0 N–H and O–H groups in total. The average molecular weight is 373 g/mol. The first-order valence-corrected chi connectivity index (χ1v) is 10.1. The van der Waals surface area contributed by atoms with E-state index in [1.54, 1.807) is 7.11 Å². The smallest absolute Gasteiger partial charge is 0.0704 e. The summed E-state index contributed by atoms with van der Waals surface area (Å²) < 4.78 is 16.2. The summed E-state index contributed by atoms with van der Waals surface area (Å²) in [5.41, 5.74) is 0. The van der Waals surface area contributed by atoms with Crippen LogP contribution in [-0.4, -0.2) is 51.4 Å². The van der Waals surface area contributed by atoms with Crippen LogP contribution < -0.4 is 0 Å². The Morgan fingerprint density at radius 1 is 0.739 bits per heavy atom. The molecule has 0 aliphatic rings. The molecule has 0 aromatic heterocycles. The molecule has 0 amide bonds. The largest absolute Gasteiger partial charge is 0.382 e. The van der Waals surface area contributed by atoms with E-state index in [1.165, 1.54) is 38.5 Å².